The van der Waals surface area contributed by atoms with Crippen LogP contribution in [0.3, 0.4) is 0 Å². The van der Waals surface area contributed by atoms with E-state index in [1.54, 1.807) is 23.1 Å². The monoisotopic (exact) mass is 514 g/mol. The number of anilines is 1. The van der Waals surface area contributed by atoms with Crippen LogP contribution < -0.4 is 4.72 Å². The van der Waals surface area contributed by atoms with E-state index < -0.39 is 16.0 Å². The van der Waals surface area contributed by atoms with Gasteiger partial charge in [0.2, 0.25) is 0 Å². The number of halogens is 1. The van der Waals surface area contributed by atoms with Gasteiger partial charge in [0, 0.05) is 12.6 Å². The van der Waals surface area contributed by atoms with Crippen molar-refractivity contribution in [3.8, 4) is 0 Å². The number of ether oxygens (including phenoxy) is 1. The van der Waals surface area contributed by atoms with Crippen molar-refractivity contribution in [3.63, 3.8) is 0 Å². The van der Waals surface area contributed by atoms with E-state index in [0.29, 0.717) is 10.3 Å². The average Bonchev–Trinajstić information content (AvgIpc) is 3.19. The molecule has 0 saturated carbocycles. The Morgan fingerprint density at radius 3 is 2.70 bits per heavy atom. The van der Waals surface area contributed by atoms with Gasteiger partial charge in [-0.25, -0.2) is 13.2 Å². The number of benzene rings is 1. The number of nitrogens with zero attached hydrogens (tertiary/aromatic N) is 1. The smallest absolute Gasteiger partial charge is 0.340 e. The largest absolute Gasteiger partial charge is 0.452 e. The fraction of sp³-hybridized carbons (Fsp3) is 0.400. The Hall–Kier alpha value is -1.91. The van der Waals surface area contributed by atoms with Crippen molar-refractivity contribution in [2.45, 2.75) is 42.9 Å². The molecule has 1 amide bonds. The molecule has 0 aliphatic carbocycles. The van der Waals surface area contributed by atoms with Gasteiger partial charge in [0.15, 0.2) is 6.61 Å². The number of thiophene rings is 1. The van der Waals surface area contributed by atoms with Gasteiger partial charge >= 0.3 is 5.97 Å². The van der Waals surface area contributed by atoms with E-state index in [1.165, 1.54) is 18.2 Å². The zero-order chi connectivity index (χ0) is 21.7. The first-order chi connectivity index (χ1) is 14.3. The molecule has 10 heteroatoms. The van der Waals surface area contributed by atoms with E-state index in [-0.39, 0.29) is 34.0 Å². The van der Waals surface area contributed by atoms with Crippen molar-refractivity contribution in [3.05, 3.63) is 45.7 Å². The average molecular weight is 515 g/mol. The number of nitrogens with one attached hydrogen (secondary N) is 1. The number of hydrogen-bond donors (Lipinski definition) is 1. The number of likely N-dealkylation sites (tertiary alicyclic amines) is 1. The van der Waals surface area contributed by atoms with Crippen molar-refractivity contribution in [2.75, 3.05) is 17.9 Å². The van der Waals surface area contributed by atoms with Crippen LogP contribution in [0.2, 0.25) is 0 Å². The molecule has 1 saturated heterocycles. The quantitative estimate of drug-likeness (QED) is 0.557. The minimum atomic E-state index is -3.85. The van der Waals surface area contributed by atoms with E-state index in [9.17, 15) is 18.0 Å². The van der Waals surface area contributed by atoms with Crippen molar-refractivity contribution < 1.29 is 22.7 Å². The van der Waals surface area contributed by atoms with Crippen molar-refractivity contribution >= 4 is 54.9 Å². The summed E-state index contributed by atoms with van der Waals surface area (Å²) in [6.07, 6.45) is 3.86. The van der Waals surface area contributed by atoms with Crippen molar-refractivity contribution in [2.24, 2.45) is 0 Å². The lowest BCUT2D eigenvalue weighted by molar-refractivity contribution is -0.138. The zero-order valence-electron chi connectivity index (χ0n) is 16.5. The molecule has 0 bridgehead atoms. The molecule has 2 aromatic rings. The molecule has 30 heavy (non-hydrogen) atoms. The molecule has 1 aromatic carbocycles. The number of amides is 1. The Kier molecular flexibility index (Phi) is 7.54. The van der Waals surface area contributed by atoms with Gasteiger partial charge < -0.3 is 9.64 Å². The number of sulfonamides is 1. The standard InChI is InChI=1S/C20H23BrN2O5S2/c1-2-14-7-5-6-12-23(14)18(24)13-28-20(25)15-8-3-4-9-16(15)22-30(26,27)19-11-10-17(21)29-19/h3-4,8-11,14,22H,2,5-7,12-13H2,1H3. The van der Waals surface area contributed by atoms with E-state index in [1.807, 2.05) is 6.92 Å². The van der Waals surface area contributed by atoms with Crippen LogP contribution in [0.5, 0.6) is 0 Å². The minimum absolute atomic E-state index is 0.0511. The van der Waals surface area contributed by atoms with Crippen LogP contribution in [0.25, 0.3) is 0 Å². The predicted octanol–water partition coefficient (Wildman–Crippen LogP) is 4.26. The highest BCUT2D eigenvalue weighted by Crippen LogP contribution is 2.28. The predicted molar refractivity (Wildman–Crippen MR) is 119 cm³/mol. The SMILES string of the molecule is CCC1CCCCN1C(=O)COC(=O)c1ccccc1NS(=O)(=O)c1ccc(Br)s1. The lowest BCUT2D eigenvalue weighted by Gasteiger charge is -2.35. The molecule has 1 aliphatic rings. The third-order valence-electron chi connectivity index (χ3n) is 4.95. The van der Waals surface area contributed by atoms with Gasteiger partial charge in [0.1, 0.15) is 4.21 Å². The lowest BCUT2D eigenvalue weighted by atomic mass is 10.00. The van der Waals surface area contributed by atoms with Crippen molar-refractivity contribution in [1.29, 1.82) is 0 Å². The highest BCUT2D eigenvalue weighted by Gasteiger charge is 2.27. The van der Waals surface area contributed by atoms with Crippen LogP contribution in [0.1, 0.15) is 43.0 Å². The third-order valence-corrected chi connectivity index (χ3v) is 8.43. The molecular formula is C20H23BrN2O5S2. The van der Waals surface area contributed by atoms with Gasteiger partial charge in [0.25, 0.3) is 15.9 Å². The van der Waals surface area contributed by atoms with E-state index in [4.69, 9.17) is 4.74 Å². The first-order valence-corrected chi connectivity index (χ1v) is 12.7. The Morgan fingerprint density at radius 2 is 2.00 bits per heavy atom. The normalized spacial score (nSPS) is 16.9. The molecule has 1 N–H and O–H groups in total. The summed E-state index contributed by atoms with van der Waals surface area (Å²) < 4.78 is 33.6. The zero-order valence-corrected chi connectivity index (χ0v) is 19.7. The molecule has 162 valence electrons. The summed E-state index contributed by atoms with van der Waals surface area (Å²) in [5, 5.41) is 0. The highest BCUT2D eigenvalue weighted by molar-refractivity contribution is 9.11. The van der Waals surface area contributed by atoms with Gasteiger partial charge in [-0.1, -0.05) is 19.1 Å². The maximum atomic E-state index is 12.6. The van der Waals surface area contributed by atoms with E-state index in [0.717, 1.165) is 37.0 Å². The number of esters is 1. The summed E-state index contributed by atoms with van der Waals surface area (Å²) in [4.78, 5) is 26.9. The number of para-hydroxylation sites is 1. The van der Waals surface area contributed by atoms with Crippen LogP contribution in [0, 0.1) is 0 Å². The van der Waals surface area contributed by atoms with Gasteiger partial charge in [-0.3, -0.25) is 9.52 Å². The van der Waals surface area contributed by atoms with Crippen LogP contribution in [-0.2, 0) is 19.6 Å². The third kappa shape index (κ3) is 5.41. The van der Waals surface area contributed by atoms with E-state index >= 15 is 0 Å². The van der Waals surface area contributed by atoms with Gasteiger partial charge in [-0.15, -0.1) is 11.3 Å². The summed E-state index contributed by atoms with van der Waals surface area (Å²) >= 11 is 4.30. The van der Waals surface area contributed by atoms with Gasteiger partial charge in [-0.05, 0) is 65.9 Å². The van der Waals surface area contributed by atoms with Crippen LogP contribution in [0.4, 0.5) is 5.69 Å². The number of carbonyl (C=O) groups excluding carboxylic acids is 2. The van der Waals surface area contributed by atoms with Gasteiger partial charge in [-0.2, -0.15) is 0 Å². The summed E-state index contributed by atoms with van der Waals surface area (Å²) in [5.74, 6) is -0.976. The number of rotatable bonds is 7. The van der Waals surface area contributed by atoms with Crippen molar-refractivity contribution in [1.82, 2.24) is 4.90 Å². The minimum Gasteiger partial charge on any atom is -0.452 e. The topological polar surface area (TPSA) is 92.8 Å². The van der Waals surface area contributed by atoms with Gasteiger partial charge in [0.05, 0.1) is 15.0 Å². The second-order valence-electron chi connectivity index (χ2n) is 6.93. The highest BCUT2D eigenvalue weighted by atomic mass is 79.9. The molecule has 1 fully saturated rings. The Morgan fingerprint density at radius 1 is 1.23 bits per heavy atom. The Labute approximate surface area is 188 Å². The summed E-state index contributed by atoms with van der Waals surface area (Å²) in [6.45, 7) is 2.34. The van der Waals surface area contributed by atoms with Crippen LogP contribution >= 0.6 is 27.3 Å². The summed E-state index contributed by atoms with van der Waals surface area (Å²) in [5.41, 5.74) is 0.152. The van der Waals surface area contributed by atoms with Crippen LogP contribution in [0.15, 0.2) is 44.4 Å². The fourth-order valence-electron chi connectivity index (χ4n) is 3.43. The second-order valence-corrected chi connectivity index (χ2v) is 11.3. The van der Waals surface area contributed by atoms with E-state index in [2.05, 4.69) is 20.7 Å². The molecule has 1 aromatic heterocycles. The molecule has 0 spiro atoms. The molecular weight excluding hydrogens is 492 g/mol. The molecule has 1 aliphatic heterocycles. The fourth-order valence-corrected chi connectivity index (χ4v) is 6.52. The first kappa shape index (κ1) is 22.8. The lowest BCUT2D eigenvalue weighted by Crippen LogP contribution is -2.45. The first-order valence-electron chi connectivity index (χ1n) is 9.65. The molecule has 3 rings (SSSR count). The molecule has 7 nitrogen and oxygen atoms in total. The molecule has 1 atom stereocenters. The molecule has 0 radical (unpaired) electrons. The maximum Gasteiger partial charge on any atom is 0.340 e. The molecule has 2 heterocycles. The number of piperidine rings is 1. The Bertz CT molecular complexity index is 1020. The molecule has 1 unspecified atom stereocenters. The maximum absolute atomic E-state index is 12.6. The number of carbonyl (C=O) groups is 2. The second kappa shape index (κ2) is 9.93. The summed E-state index contributed by atoms with van der Waals surface area (Å²) in [7, 11) is -3.85. The summed E-state index contributed by atoms with van der Waals surface area (Å²) in [6, 6.07) is 9.45. The number of hydrogen-bond acceptors (Lipinski definition) is 6. The Balaban J connectivity index is 1.69. The van der Waals surface area contributed by atoms with Crippen LogP contribution in [-0.4, -0.2) is 44.4 Å².